The highest BCUT2D eigenvalue weighted by Gasteiger charge is 2.24. The van der Waals surface area contributed by atoms with Gasteiger partial charge in [0.1, 0.15) is 6.10 Å². The summed E-state index contributed by atoms with van der Waals surface area (Å²) in [6.07, 6.45) is 72.2. The van der Waals surface area contributed by atoms with Gasteiger partial charge in [-0.05, 0) is 64.2 Å². The lowest BCUT2D eigenvalue weighted by Gasteiger charge is -2.24. The van der Waals surface area contributed by atoms with E-state index in [4.69, 9.17) is 4.74 Å². The van der Waals surface area contributed by atoms with E-state index in [0.717, 1.165) is 83.5 Å². The second kappa shape index (κ2) is 55.0. The van der Waals surface area contributed by atoms with Gasteiger partial charge in [0.25, 0.3) is 0 Å². The average Bonchev–Trinajstić information content (AvgIpc) is 3.33. The molecule has 3 atom stereocenters. The Kier molecular flexibility index (Phi) is 52.6. The SMILES string of the molecule is CCC/C=C/C=C/C=C/C=C/C=C/CCCCCCCC(=O)OC(CCC/C=C/C=C/CCCCCCCCC)CC(=O)NC(CO)C(O)CCCCCCCCCCCCCCCCCCC. The van der Waals surface area contributed by atoms with E-state index in [0.29, 0.717) is 19.3 Å². The smallest absolute Gasteiger partial charge is 0.306 e. The molecule has 0 rings (SSSR count). The Morgan fingerprint density at radius 3 is 1.24 bits per heavy atom. The number of allylic oxidation sites excluding steroid dienone is 14. The van der Waals surface area contributed by atoms with Gasteiger partial charge in [-0.15, -0.1) is 0 Å². The maximum atomic E-state index is 13.3. The highest BCUT2D eigenvalue weighted by atomic mass is 16.5. The zero-order valence-electron chi connectivity index (χ0n) is 44.7. The summed E-state index contributed by atoms with van der Waals surface area (Å²) in [5.74, 6) is -0.549. The van der Waals surface area contributed by atoms with Crippen molar-refractivity contribution >= 4 is 11.9 Å². The van der Waals surface area contributed by atoms with E-state index >= 15 is 0 Å². The van der Waals surface area contributed by atoms with Crippen LogP contribution in [0.5, 0.6) is 0 Å². The number of aliphatic hydroxyl groups excluding tert-OH is 2. The molecule has 0 fully saturated rings. The standard InChI is InChI=1S/C62H109NO5/c1-4-7-10-13-16-19-22-25-28-30-32-34-37-40-43-46-49-52-55-62(67)68-58(53-50-47-44-41-38-35-27-24-21-18-15-12-9-6-3)56-61(66)63-59(57-64)60(65)54-51-48-45-42-39-36-33-31-29-26-23-20-17-14-11-8-5-2/h10,13,16,19,22,25,28,30,32,34-35,38,41,44,58-60,64-65H,4-9,11-12,14-15,17-18,20-21,23-24,26-27,29,31,33,36-37,39-40,42-43,45-57H2,1-3H3,(H,63,66)/b13-10+,19-16+,25-22+,30-28+,34-32+,38-35+,44-41+. The Labute approximate surface area is 421 Å². The maximum absolute atomic E-state index is 13.3. The van der Waals surface area contributed by atoms with Crippen molar-refractivity contribution in [3.8, 4) is 0 Å². The summed E-state index contributed by atoms with van der Waals surface area (Å²) in [6, 6.07) is -0.727. The molecule has 6 heteroatoms. The summed E-state index contributed by atoms with van der Waals surface area (Å²) in [7, 11) is 0. The van der Waals surface area contributed by atoms with Crippen LogP contribution in [-0.4, -0.2) is 46.9 Å². The van der Waals surface area contributed by atoms with Crippen LogP contribution in [0.3, 0.4) is 0 Å². The van der Waals surface area contributed by atoms with Crippen LogP contribution in [0.2, 0.25) is 0 Å². The normalized spacial score (nSPS) is 13.8. The predicted molar refractivity (Wildman–Crippen MR) is 296 cm³/mol. The van der Waals surface area contributed by atoms with E-state index in [-0.39, 0.29) is 24.9 Å². The van der Waals surface area contributed by atoms with Crippen molar-refractivity contribution in [2.24, 2.45) is 0 Å². The molecule has 0 aliphatic heterocycles. The molecule has 0 saturated heterocycles. The fraction of sp³-hybridized carbons (Fsp3) is 0.742. The molecule has 0 aromatic rings. The Hall–Kier alpha value is -2.96. The molecular formula is C62H109NO5. The van der Waals surface area contributed by atoms with Crippen molar-refractivity contribution in [2.45, 2.75) is 289 Å². The number of ether oxygens (including phenoxy) is 1. The van der Waals surface area contributed by atoms with Crippen molar-refractivity contribution in [2.75, 3.05) is 6.61 Å². The van der Waals surface area contributed by atoms with Gasteiger partial charge in [-0.2, -0.15) is 0 Å². The van der Waals surface area contributed by atoms with E-state index in [1.165, 1.54) is 141 Å². The Morgan fingerprint density at radius 1 is 0.426 bits per heavy atom. The Balaban J connectivity index is 4.64. The third kappa shape index (κ3) is 49.5. The van der Waals surface area contributed by atoms with Crippen molar-refractivity contribution < 1.29 is 24.5 Å². The molecule has 392 valence electrons. The fourth-order valence-corrected chi connectivity index (χ4v) is 8.46. The molecule has 0 aliphatic carbocycles. The molecule has 68 heavy (non-hydrogen) atoms. The number of carbonyl (C=O) groups is 2. The Morgan fingerprint density at radius 2 is 0.794 bits per heavy atom. The number of rotatable bonds is 51. The number of aliphatic hydroxyl groups is 2. The number of nitrogens with one attached hydrogen (secondary N) is 1. The first-order valence-electron chi connectivity index (χ1n) is 28.9. The summed E-state index contributed by atoms with van der Waals surface area (Å²) in [5.41, 5.74) is 0. The van der Waals surface area contributed by atoms with Gasteiger partial charge >= 0.3 is 5.97 Å². The summed E-state index contributed by atoms with van der Waals surface area (Å²) in [4.78, 5) is 26.3. The summed E-state index contributed by atoms with van der Waals surface area (Å²) in [6.45, 7) is 6.39. The molecule has 0 bridgehead atoms. The zero-order valence-corrected chi connectivity index (χ0v) is 44.7. The molecule has 0 saturated carbocycles. The van der Waals surface area contributed by atoms with Crippen LogP contribution in [0.15, 0.2) is 85.1 Å². The second-order valence-corrected chi connectivity index (χ2v) is 19.5. The van der Waals surface area contributed by atoms with Crippen LogP contribution in [-0.2, 0) is 14.3 Å². The van der Waals surface area contributed by atoms with Crippen LogP contribution in [0.4, 0.5) is 0 Å². The molecule has 1 amide bonds. The summed E-state index contributed by atoms with van der Waals surface area (Å²) < 4.78 is 5.92. The van der Waals surface area contributed by atoms with E-state index in [2.05, 4.69) is 86.8 Å². The highest BCUT2D eigenvalue weighted by Crippen LogP contribution is 2.17. The molecule has 0 heterocycles. The van der Waals surface area contributed by atoms with Crippen LogP contribution < -0.4 is 5.32 Å². The molecule has 0 aromatic carbocycles. The third-order valence-corrected chi connectivity index (χ3v) is 12.8. The van der Waals surface area contributed by atoms with Crippen molar-refractivity contribution in [3.63, 3.8) is 0 Å². The molecule has 0 radical (unpaired) electrons. The minimum atomic E-state index is -0.809. The monoisotopic (exact) mass is 948 g/mol. The average molecular weight is 949 g/mol. The first-order valence-corrected chi connectivity index (χ1v) is 28.9. The van der Waals surface area contributed by atoms with Crippen LogP contribution in [0.25, 0.3) is 0 Å². The van der Waals surface area contributed by atoms with E-state index in [1.54, 1.807) is 0 Å². The topological polar surface area (TPSA) is 95.9 Å². The number of unbranched alkanes of at least 4 members (excludes halogenated alkanes) is 30. The minimum Gasteiger partial charge on any atom is -0.462 e. The molecule has 0 spiro atoms. The number of amides is 1. The molecular weight excluding hydrogens is 839 g/mol. The quantitative estimate of drug-likeness (QED) is 0.0321. The van der Waals surface area contributed by atoms with Gasteiger partial charge in [0.2, 0.25) is 5.91 Å². The third-order valence-electron chi connectivity index (χ3n) is 12.8. The van der Waals surface area contributed by atoms with Gasteiger partial charge in [0.15, 0.2) is 0 Å². The predicted octanol–water partition coefficient (Wildman–Crippen LogP) is 17.9. The fourth-order valence-electron chi connectivity index (χ4n) is 8.46. The van der Waals surface area contributed by atoms with Crippen LogP contribution >= 0.6 is 0 Å². The van der Waals surface area contributed by atoms with Gasteiger partial charge in [-0.25, -0.2) is 0 Å². The first kappa shape index (κ1) is 65.0. The van der Waals surface area contributed by atoms with E-state index in [9.17, 15) is 19.8 Å². The molecule has 0 aromatic heterocycles. The number of hydrogen-bond donors (Lipinski definition) is 3. The zero-order chi connectivity index (χ0) is 49.5. The Bertz CT molecular complexity index is 1290. The van der Waals surface area contributed by atoms with Crippen molar-refractivity contribution in [1.29, 1.82) is 0 Å². The molecule has 0 aliphatic rings. The first-order chi connectivity index (χ1) is 33.5. The molecule has 3 N–H and O–H groups in total. The number of esters is 1. The summed E-state index contributed by atoms with van der Waals surface area (Å²) >= 11 is 0. The maximum Gasteiger partial charge on any atom is 0.306 e. The minimum absolute atomic E-state index is 0.0307. The van der Waals surface area contributed by atoms with Crippen molar-refractivity contribution in [1.82, 2.24) is 5.32 Å². The van der Waals surface area contributed by atoms with E-state index in [1.807, 2.05) is 24.3 Å². The van der Waals surface area contributed by atoms with Gasteiger partial charge in [-0.3, -0.25) is 9.59 Å². The van der Waals surface area contributed by atoms with Crippen molar-refractivity contribution in [3.05, 3.63) is 85.1 Å². The lowest BCUT2D eigenvalue weighted by molar-refractivity contribution is -0.151. The second-order valence-electron chi connectivity index (χ2n) is 19.5. The summed E-state index contributed by atoms with van der Waals surface area (Å²) in [5, 5.41) is 23.9. The van der Waals surface area contributed by atoms with Gasteiger partial charge in [-0.1, -0.05) is 279 Å². The molecule has 3 unspecified atom stereocenters. The van der Waals surface area contributed by atoms with E-state index < -0.39 is 18.2 Å². The highest BCUT2D eigenvalue weighted by molar-refractivity contribution is 5.77. The van der Waals surface area contributed by atoms with Crippen LogP contribution in [0, 0.1) is 0 Å². The molecule has 6 nitrogen and oxygen atoms in total. The lowest BCUT2D eigenvalue weighted by Crippen LogP contribution is -2.46. The van der Waals surface area contributed by atoms with Gasteiger partial charge in [0, 0.05) is 6.42 Å². The van der Waals surface area contributed by atoms with Crippen LogP contribution in [0.1, 0.15) is 271 Å². The van der Waals surface area contributed by atoms with Gasteiger partial charge < -0.3 is 20.3 Å². The lowest BCUT2D eigenvalue weighted by atomic mass is 10.0. The largest absolute Gasteiger partial charge is 0.462 e. The van der Waals surface area contributed by atoms with Gasteiger partial charge in [0.05, 0.1) is 25.2 Å². The number of hydrogen-bond acceptors (Lipinski definition) is 5. The number of carbonyl (C=O) groups excluding carboxylic acids is 2.